The van der Waals surface area contributed by atoms with Gasteiger partial charge in [0.15, 0.2) is 12.4 Å². The summed E-state index contributed by atoms with van der Waals surface area (Å²) in [6.07, 6.45) is -0.629. The summed E-state index contributed by atoms with van der Waals surface area (Å²) in [6, 6.07) is 17.1. The summed E-state index contributed by atoms with van der Waals surface area (Å²) in [4.78, 5) is 64.3. The summed E-state index contributed by atoms with van der Waals surface area (Å²) in [6.45, 7) is 4.22. The molecule has 3 atom stereocenters. The Morgan fingerprint density at radius 3 is 1.83 bits per heavy atom. The Morgan fingerprint density at radius 2 is 1.24 bits per heavy atom. The van der Waals surface area contributed by atoms with Crippen molar-refractivity contribution in [1.82, 2.24) is 16.0 Å². The van der Waals surface area contributed by atoms with Gasteiger partial charge in [0, 0.05) is 0 Å². The van der Waals surface area contributed by atoms with Gasteiger partial charge in [-0.15, -0.1) is 0 Å². The quantitative estimate of drug-likeness (QED) is 0.212. The van der Waals surface area contributed by atoms with Crippen molar-refractivity contribution in [3.8, 4) is 0 Å². The molecule has 0 fully saturated rings. The van der Waals surface area contributed by atoms with Crippen LogP contribution in [0.25, 0.3) is 0 Å². The van der Waals surface area contributed by atoms with E-state index in [1.54, 1.807) is 54.6 Å². The zero-order chi connectivity index (χ0) is 33.6. The van der Waals surface area contributed by atoms with Gasteiger partial charge in [-0.25, -0.2) is 18.4 Å². The molecule has 3 rings (SSSR count). The number of alkyl carbamates (subject to hydrolysis) is 1. The van der Waals surface area contributed by atoms with E-state index in [1.807, 2.05) is 19.9 Å². The third-order valence-corrected chi connectivity index (χ3v) is 6.78. The Balaban J connectivity index is 1.67. The van der Waals surface area contributed by atoms with Crippen molar-refractivity contribution in [2.75, 3.05) is 6.61 Å². The van der Waals surface area contributed by atoms with Gasteiger partial charge in [-0.1, -0.05) is 80.6 Å². The molecule has 3 aromatic carbocycles. The zero-order valence-electron chi connectivity index (χ0n) is 25.8. The topological polar surface area (TPSA) is 140 Å². The first-order valence-corrected chi connectivity index (χ1v) is 14.7. The second-order valence-corrected chi connectivity index (χ2v) is 11.0. The van der Waals surface area contributed by atoms with Crippen LogP contribution in [0.2, 0.25) is 0 Å². The van der Waals surface area contributed by atoms with Crippen LogP contribution in [0.5, 0.6) is 0 Å². The molecular formula is C34H37F2N3O7. The lowest BCUT2D eigenvalue weighted by Crippen LogP contribution is -2.56. The summed E-state index contributed by atoms with van der Waals surface area (Å²) >= 11 is 0. The van der Waals surface area contributed by atoms with Crippen LogP contribution in [0.15, 0.2) is 78.9 Å². The highest BCUT2D eigenvalue weighted by molar-refractivity contribution is 5.96. The third-order valence-electron chi connectivity index (χ3n) is 6.78. The number of esters is 1. The van der Waals surface area contributed by atoms with E-state index < -0.39 is 71.6 Å². The number of ketones is 1. The molecule has 46 heavy (non-hydrogen) atoms. The number of nitrogens with one attached hydrogen (secondary N) is 3. The van der Waals surface area contributed by atoms with Gasteiger partial charge in [0.2, 0.25) is 11.8 Å². The standard InChI is InChI=1S/C34H37F2N3O7/c1-21(2)17-28(39-31(41)22(3)37-34(44)46-19-24-13-8-5-9-14-24)32(42)38-27(18-23-11-6-4-7-12-23)29(40)20-45-33(43)30-25(35)15-10-16-26(30)36/h4-16,21-22,27-28H,17-20H2,1-3H3,(H,37,44)(H,38,42)(H,39,41)/t22-,27-,28-/m1/s1. The highest BCUT2D eigenvalue weighted by Gasteiger charge is 2.30. The number of Topliss-reactive ketones (excluding diaryl/α,β-unsaturated/α-hetero) is 1. The number of ether oxygens (including phenoxy) is 2. The van der Waals surface area contributed by atoms with Gasteiger partial charge in [-0.3, -0.25) is 14.4 Å². The highest BCUT2D eigenvalue weighted by atomic mass is 19.1. The Kier molecular flexibility index (Phi) is 13.4. The van der Waals surface area contributed by atoms with Crippen LogP contribution in [0.3, 0.4) is 0 Å². The molecule has 0 saturated heterocycles. The van der Waals surface area contributed by atoms with E-state index in [0.29, 0.717) is 5.56 Å². The summed E-state index contributed by atoms with van der Waals surface area (Å²) < 4.78 is 38.1. The molecular weight excluding hydrogens is 600 g/mol. The van der Waals surface area contributed by atoms with Crippen molar-refractivity contribution >= 4 is 29.7 Å². The molecule has 3 aromatic rings. The average Bonchev–Trinajstić information content (AvgIpc) is 3.02. The second-order valence-electron chi connectivity index (χ2n) is 11.0. The Labute approximate surface area is 265 Å². The van der Waals surface area contributed by atoms with Crippen LogP contribution in [0, 0.1) is 17.6 Å². The summed E-state index contributed by atoms with van der Waals surface area (Å²) in [5.41, 5.74) is 0.492. The fourth-order valence-electron chi connectivity index (χ4n) is 4.38. The van der Waals surface area contributed by atoms with Gasteiger partial charge >= 0.3 is 12.1 Å². The summed E-state index contributed by atoms with van der Waals surface area (Å²) in [7, 11) is 0. The molecule has 12 heteroatoms. The lowest BCUT2D eigenvalue weighted by Gasteiger charge is -2.25. The van der Waals surface area contributed by atoms with Crippen LogP contribution in [-0.4, -0.2) is 54.4 Å². The van der Waals surface area contributed by atoms with E-state index in [2.05, 4.69) is 16.0 Å². The van der Waals surface area contributed by atoms with Crippen LogP contribution in [0.4, 0.5) is 13.6 Å². The van der Waals surface area contributed by atoms with E-state index in [1.165, 1.54) is 6.92 Å². The largest absolute Gasteiger partial charge is 0.454 e. The van der Waals surface area contributed by atoms with Gasteiger partial charge < -0.3 is 25.4 Å². The number of benzene rings is 3. The summed E-state index contributed by atoms with van der Waals surface area (Å²) in [5.74, 6) is -5.82. The minimum Gasteiger partial charge on any atom is -0.454 e. The van der Waals surface area contributed by atoms with E-state index >= 15 is 0 Å². The number of hydrogen-bond donors (Lipinski definition) is 3. The third kappa shape index (κ3) is 11.1. The molecule has 0 spiro atoms. The molecule has 0 aromatic heterocycles. The van der Waals surface area contributed by atoms with Gasteiger partial charge in [-0.05, 0) is 48.9 Å². The van der Waals surface area contributed by atoms with Crippen molar-refractivity contribution < 1.29 is 42.2 Å². The maximum atomic E-state index is 14.0. The highest BCUT2D eigenvalue weighted by Crippen LogP contribution is 2.14. The van der Waals surface area contributed by atoms with E-state index in [0.717, 1.165) is 23.8 Å². The number of carbonyl (C=O) groups excluding carboxylic acids is 5. The number of halogens is 2. The molecule has 0 radical (unpaired) electrons. The normalized spacial score (nSPS) is 12.7. The molecule has 0 unspecified atom stereocenters. The molecule has 3 N–H and O–H groups in total. The lowest BCUT2D eigenvalue weighted by molar-refractivity contribution is -0.133. The van der Waals surface area contributed by atoms with E-state index in [9.17, 15) is 32.8 Å². The first kappa shape index (κ1) is 35.4. The predicted molar refractivity (Wildman–Crippen MR) is 164 cm³/mol. The predicted octanol–water partition coefficient (Wildman–Crippen LogP) is 4.26. The van der Waals surface area contributed by atoms with Crippen molar-refractivity contribution in [2.45, 2.75) is 58.3 Å². The molecule has 0 heterocycles. The second kappa shape index (κ2) is 17.4. The molecule has 244 valence electrons. The van der Waals surface area contributed by atoms with Gasteiger partial charge in [0.05, 0.1) is 6.04 Å². The molecule has 0 aliphatic carbocycles. The SMILES string of the molecule is CC(C)C[C@@H](NC(=O)[C@@H](C)NC(=O)OCc1ccccc1)C(=O)N[C@H](Cc1ccccc1)C(=O)COC(=O)c1c(F)cccc1F. The van der Waals surface area contributed by atoms with Gasteiger partial charge in [-0.2, -0.15) is 0 Å². The molecule has 0 aliphatic rings. The average molecular weight is 638 g/mol. The number of hydrogen-bond acceptors (Lipinski definition) is 7. The van der Waals surface area contributed by atoms with E-state index in [-0.39, 0.29) is 25.4 Å². The minimum absolute atomic E-state index is 0.000759. The fourth-order valence-corrected chi connectivity index (χ4v) is 4.38. The Hall–Kier alpha value is -5.13. The summed E-state index contributed by atoms with van der Waals surface area (Å²) in [5, 5.41) is 7.67. The van der Waals surface area contributed by atoms with Crippen LogP contribution < -0.4 is 16.0 Å². The first-order chi connectivity index (χ1) is 21.9. The van der Waals surface area contributed by atoms with Crippen molar-refractivity contribution in [1.29, 1.82) is 0 Å². The van der Waals surface area contributed by atoms with Gasteiger partial charge in [0.25, 0.3) is 0 Å². The monoisotopic (exact) mass is 637 g/mol. The molecule has 0 saturated carbocycles. The van der Waals surface area contributed by atoms with Crippen LogP contribution >= 0.6 is 0 Å². The van der Waals surface area contributed by atoms with Crippen molar-refractivity contribution in [3.63, 3.8) is 0 Å². The van der Waals surface area contributed by atoms with E-state index in [4.69, 9.17) is 9.47 Å². The smallest absolute Gasteiger partial charge is 0.408 e. The molecule has 0 bridgehead atoms. The molecule has 3 amide bonds. The number of amides is 3. The van der Waals surface area contributed by atoms with Crippen LogP contribution in [-0.2, 0) is 36.9 Å². The number of rotatable bonds is 15. The zero-order valence-corrected chi connectivity index (χ0v) is 25.8. The fraction of sp³-hybridized carbons (Fsp3) is 0.324. The van der Waals surface area contributed by atoms with Crippen molar-refractivity contribution in [2.24, 2.45) is 5.92 Å². The Morgan fingerprint density at radius 1 is 0.674 bits per heavy atom. The van der Waals surface area contributed by atoms with Crippen LogP contribution in [0.1, 0.15) is 48.7 Å². The van der Waals surface area contributed by atoms with Gasteiger partial charge in [0.1, 0.15) is 35.9 Å². The number of carbonyl (C=O) groups is 5. The first-order valence-electron chi connectivity index (χ1n) is 14.7. The maximum absolute atomic E-state index is 14.0. The molecule has 0 aliphatic heterocycles. The lowest BCUT2D eigenvalue weighted by atomic mass is 9.99. The maximum Gasteiger partial charge on any atom is 0.408 e. The Bertz CT molecular complexity index is 1480. The van der Waals surface area contributed by atoms with Crippen molar-refractivity contribution in [3.05, 3.63) is 107 Å². The molecule has 10 nitrogen and oxygen atoms in total. The minimum atomic E-state index is -1.37.